The van der Waals surface area contributed by atoms with E-state index >= 15 is 0 Å². The van der Waals surface area contributed by atoms with Crippen LogP contribution in [0.15, 0.2) is 35.3 Å². The van der Waals surface area contributed by atoms with E-state index in [1.165, 1.54) is 0 Å². The van der Waals surface area contributed by atoms with Crippen LogP contribution in [0.5, 0.6) is 0 Å². The highest BCUT2D eigenvalue weighted by molar-refractivity contribution is 5.94. The second kappa shape index (κ2) is 7.46. The summed E-state index contributed by atoms with van der Waals surface area (Å²) in [7, 11) is 0. The van der Waals surface area contributed by atoms with Gasteiger partial charge in [0.2, 0.25) is 5.91 Å². The van der Waals surface area contributed by atoms with Crippen LogP contribution in [0.2, 0.25) is 0 Å². The molecule has 2 bridgehead atoms. The normalized spacial score (nSPS) is 26.1. The van der Waals surface area contributed by atoms with Gasteiger partial charge in [0, 0.05) is 12.2 Å². The molecule has 0 spiro atoms. The molecule has 1 amide bonds. The molecule has 0 aromatic heterocycles. The predicted molar refractivity (Wildman–Crippen MR) is 90.5 cm³/mol. The number of rotatable bonds is 5. The molecule has 2 saturated heterocycles. The minimum Gasteiger partial charge on any atom is -0.373 e. The van der Waals surface area contributed by atoms with Crippen LogP contribution in [0, 0.1) is 0 Å². The number of aliphatic imine (C=N–C) groups is 1. The number of carbonyl (C=O) groups excluding carboxylic acids is 1. The first-order chi connectivity index (χ1) is 11.2. The van der Waals surface area contributed by atoms with Crippen LogP contribution < -0.4 is 16.0 Å². The monoisotopic (exact) mass is 316 g/mol. The second-order valence-corrected chi connectivity index (χ2v) is 5.97. The molecule has 2 aliphatic rings. The second-order valence-electron chi connectivity index (χ2n) is 5.97. The molecule has 3 N–H and O–H groups in total. The lowest BCUT2D eigenvalue weighted by atomic mass is 9.96. The Labute approximate surface area is 136 Å². The molecule has 1 aromatic carbocycles. The Morgan fingerprint density at radius 1 is 1.30 bits per heavy atom. The highest BCUT2D eigenvalue weighted by atomic mass is 16.5. The van der Waals surface area contributed by atoms with Gasteiger partial charge < -0.3 is 20.7 Å². The lowest BCUT2D eigenvalue weighted by Gasteiger charge is -2.22. The largest absolute Gasteiger partial charge is 0.373 e. The van der Waals surface area contributed by atoms with E-state index in [2.05, 4.69) is 20.9 Å². The summed E-state index contributed by atoms with van der Waals surface area (Å²) < 4.78 is 5.84. The van der Waals surface area contributed by atoms with Gasteiger partial charge in [0.15, 0.2) is 5.96 Å². The first-order valence-electron chi connectivity index (χ1n) is 8.30. The fourth-order valence-corrected chi connectivity index (χ4v) is 3.16. The van der Waals surface area contributed by atoms with Crippen LogP contribution in [0.4, 0.5) is 5.69 Å². The van der Waals surface area contributed by atoms with Crippen molar-refractivity contribution in [2.75, 3.05) is 18.4 Å². The maximum absolute atomic E-state index is 12.0. The first kappa shape index (κ1) is 15.8. The topological polar surface area (TPSA) is 74.8 Å². The number of ether oxygens (including phenoxy) is 1. The Bertz CT molecular complexity index is 561. The summed E-state index contributed by atoms with van der Waals surface area (Å²) in [6.45, 7) is 2.86. The van der Waals surface area contributed by atoms with Crippen LogP contribution >= 0.6 is 0 Å². The zero-order valence-corrected chi connectivity index (χ0v) is 13.4. The summed E-state index contributed by atoms with van der Waals surface area (Å²) in [5.74, 6) is 0.550. The van der Waals surface area contributed by atoms with Crippen LogP contribution in [0.1, 0.15) is 26.2 Å². The Kier molecular flexibility index (Phi) is 5.12. The molecule has 0 radical (unpaired) electrons. The number of anilines is 1. The Morgan fingerprint density at radius 2 is 2.13 bits per heavy atom. The molecule has 2 fully saturated rings. The van der Waals surface area contributed by atoms with Crippen molar-refractivity contribution in [1.82, 2.24) is 10.6 Å². The van der Waals surface area contributed by atoms with Crippen molar-refractivity contribution in [3.8, 4) is 0 Å². The van der Waals surface area contributed by atoms with Gasteiger partial charge in [-0.2, -0.15) is 0 Å². The average Bonchev–Trinajstić information content (AvgIpc) is 3.16. The summed E-state index contributed by atoms with van der Waals surface area (Å²) in [6.07, 6.45) is 3.96. The van der Waals surface area contributed by atoms with E-state index in [9.17, 15) is 4.79 Å². The minimum absolute atomic E-state index is 0.0892. The van der Waals surface area contributed by atoms with Gasteiger partial charge in [0.05, 0.1) is 18.2 Å². The molecule has 1 aromatic rings. The van der Waals surface area contributed by atoms with Crippen molar-refractivity contribution in [1.29, 1.82) is 0 Å². The maximum atomic E-state index is 12.0. The first-order valence-corrected chi connectivity index (χ1v) is 8.30. The van der Waals surface area contributed by atoms with E-state index in [1.807, 2.05) is 37.3 Å². The number of nitrogens with one attached hydrogen (secondary N) is 3. The lowest BCUT2D eigenvalue weighted by Crippen LogP contribution is -2.47. The third-order valence-electron chi connectivity index (χ3n) is 4.21. The number of carbonyl (C=O) groups is 1. The molecule has 3 unspecified atom stereocenters. The number of para-hydroxylation sites is 1. The number of hydrogen-bond acceptors (Lipinski definition) is 3. The van der Waals surface area contributed by atoms with Gasteiger partial charge in [-0.05, 0) is 38.3 Å². The predicted octanol–water partition coefficient (Wildman–Crippen LogP) is 1.50. The van der Waals surface area contributed by atoms with Crippen molar-refractivity contribution < 1.29 is 9.53 Å². The molecule has 124 valence electrons. The van der Waals surface area contributed by atoms with Crippen LogP contribution in [-0.2, 0) is 9.53 Å². The summed E-state index contributed by atoms with van der Waals surface area (Å²) in [5, 5.41) is 9.43. The lowest BCUT2D eigenvalue weighted by molar-refractivity contribution is -0.114. The van der Waals surface area contributed by atoms with E-state index in [1.54, 1.807) is 0 Å². The van der Waals surface area contributed by atoms with Crippen LogP contribution in [-0.4, -0.2) is 43.2 Å². The molecular formula is C17H24N4O2. The third kappa shape index (κ3) is 4.22. The zero-order chi connectivity index (χ0) is 16.1. The van der Waals surface area contributed by atoms with E-state index in [0.717, 1.165) is 31.5 Å². The van der Waals surface area contributed by atoms with Crippen LogP contribution in [0.25, 0.3) is 0 Å². The number of benzene rings is 1. The van der Waals surface area contributed by atoms with Gasteiger partial charge >= 0.3 is 0 Å². The quantitative estimate of drug-likeness (QED) is 0.568. The van der Waals surface area contributed by atoms with Gasteiger partial charge in [-0.25, -0.2) is 4.99 Å². The molecule has 3 rings (SSSR count). The Hall–Kier alpha value is -2.08. The summed E-state index contributed by atoms with van der Waals surface area (Å²) in [6, 6.07) is 9.70. The number of hydrogen-bond donors (Lipinski definition) is 3. The van der Waals surface area contributed by atoms with Crippen molar-refractivity contribution in [3.63, 3.8) is 0 Å². The molecule has 3 atom stereocenters. The highest BCUT2D eigenvalue weighted by Crippen LogP contribution is 2.34. The SMILES string of the molecule is CCNC(=NCC(=O)Nc1ccccc1)NC1CC2CCC1O2. The third-order valence-corrected chi connectivity index (χ3v) is 4.21. The van der Waals surface area contributed by atoms with E-state index < -0.39 is 0 Å². The standard InChI is InChI=1S/C17H24N4O2/c1-2-18-17(21-14-10-13-8-9-15(14)23-13)19-11-16(22)20-12-6-4-3-5-7-12/h3-7,13-15H,2,8-11H2,1H3,(H,20,22)(H2,18,19,21). The molecule has 6 nitrogen and oxygen atoms in total. The van der Waals surface area contributed by atoms with Crippen LogP contribution in [0.3, 0.4) is 0 Å². The number of nitrogens with zero attached hydrogens (tertiary/aromatic N) is 1. The number of amides is 1. The number of guanidine groups is 1. The Morgan fingerprint density at radius 3 is 2.78 bits per heavy atom. The minimum atomic E-state index is -0.127. The molecular weight excluding hydrogens is 292 g/mol. The Balaban J connectivity index is 1.53. The van der Waals surface area contributed by atoms with Crippen molar-refractivity contribution >= 4 is 17.6 Å². The molecule has 2 aliphatic heterocycles. The molecule has 0 aliphatic carbocycles. The molecule has 23 heavy (non-hydrogen) atoms. The smallest absolute Gasteiger partial charge is 0.246 e. The average molecular weight is 316 g/mol. The van der Waals surface area contributed by atoms with Crippen molar-refractivity contribution in [2.45, 2.75) is 44.4 Å². The fraction of sp³-hybridized carbons (Fsp3) is 0.529. The fourth-order valence-electron chi connectivity index (χ4n) is 3.16. The van der Waals surface area contributed by atoms with Gasteiger partial charge in [0.1, 0.15) is 6.54 Å². The highest BCUT2D eigenvalue weighted by Gasteiger charge is 2.41. The van der Waals surface area contributed by atoms with E-state index in [0.29, 0.717) is 18.1 Å². The van der Waals surface area contributed by atoms with Gasteiger partial charge in [-0.15, -0.1) is 0 Å². The maximum Gasteiger partial charge on any atom is 0.246 e. The summed E-state index contributed by atoms with van der Waals surface area (Å²) in [4.78, 5) is 16.4. The van der Waals surface area contributed by atoms with Gasteiger partial charge in [-0.1, -0.05) is 18.2 Å². The summed E-state index contributed by atoms with van der Waals surface area (Å²) >= 11 is 0. The van der Waals surface area contributed by atoms with E-state index in [-0.39, 0.29) is 18.6 Å². The van der Waals surface area contributed by atoms with Crippen molar-refractivity contribution in [3.05, 3.63) is 30.3 Å². The summed E-state index contributed by atoms with van der Waals surface area (Å²) in [5.41, 5.74) is 0.784. The molecule has 0 saturated carbocycles. The zero-order valence-electron chi connectivity index (χ0n) is 13.4. The van der Waals surface area contributed by atoms with Gasteiger partial charge in [0.25, 0.3) is 0 Å². The van der Waals surface area contributed by atoms with E-state index in [4.69, 9.17) is 4.74 Å². The van der Waals surface area contributed by atoms with Gasteiger partial charge in [-0.3, -0.25) is 4.79 Å². The van der Waals surface area contributed by atoms with Crippen molar-refractivity contribution in [2.24, 2.45) is 4.99 Å². The molecule has 2 heterocycles. The molecule has 6 heteroatoms. The number of fused-ring (bicyclic) bond motifs is 2.